The maximum Gasteiger partial charge on any atom is 0.277 e. The van der Waals surface area contributed by atoms with Crippen LogP contribution in [0.5, 0.6) is 5.75 Å². The van der Waals surface area contributed by atoms with E-state index in [1.54, 1.807) is 45.5 Å². The third-order valence-electron chi connectivity index (χ3n) is 4.76. The molecule has 0 bridgehead atoms. The van der Waals surface area contributed by atoms with Crippen LogP contribution in [0.2, 0.25) is 0 Å². The van der Waals surface area contributed by atoms with Crippen LogP contribution in [0.25, 0.3) is 15.9 Å². The first-order chi connectivity index (χ1) is 15.5. The minimum absolute atomic E-state index is 0.218. The molecular formula is C22H21N7O3. The van der Waals surface area contributed by atoms with E-state index in [-0.39, 0.29) is 11.4 Å². The number of aromatic nitrogens is 4. The lowest BCUT2D eigenvalue weighted by molar-refractivity contribution is 0.184. The minimum atomic E-state index is -0.218. The first-order valence-electron chi connectivity index (χ1n) is 9.66. The van der Waals surface area contributed by atoms with Gasteiger partial charge in [0.15, 0.2) is 5.65 Å². The fraction of sp³-hybridized carbons (Fsp3) is 0.182. The highest BCUT2D eigenvalue weighted by Crippen LogP contribution is 2.32. The molecule has 0 fully saturated rings. The Bertz CT molecular complexity index is 1380. The summed E-state index contributed by atoms with van der Waals surface area (Å²) in [6.45, 7) is 7.60. The number of hydrogen-bond acceptors (Lipinski definition) is 7. The number of rotatable bonds is 7. The van der Waals surface area contributed by atoms with Crippen molar-refractivity contribution >= 4 is 39.9 Å². The second-order valence-corrected chi connectivity index (χ2v) is 6.97. The summed E-state index contributed by atoms with van der Waals surface area (Å²) in [5.74, 6) is 1.80. The zero-order valence-corrected chi connectivity index (χ0v) is 17.8. The van der Waals surface area contributed by atoms with E-state index < -0.39 is 0 Å². The highest BCUT2D eigenvalue weighted by molar-refractivity contribution is 5.93. The molecule has 0 atom stereocenters. The van der Waals surface area contributed by atoms with Crippen molar-refractivity contribution in [1.29, 1.82) is 0 Å². The van der Waals surface area contributed by atoms with Crippen LogP contribution in [-0.2, 0) is 18.4 Å². The van der Waals surface area contributed by atoms with Crippen LogP contribution in [-0.4, -0.2) is 34.0 Å². The van der Waals surface area contributed by atoms with Crippen LogP contribution < -0.4 is 20.9 Å². The van der Waals surface area contributed by atoms with E-state index in [4.69, 9.17) is 16.0 Å². The number of nitrogens with one attached hydrogen (secondary N) is 3. The molecule has 0 radical (unpaired) electrons. The molecule has 3 N–H and O–H groups in total. The van der Waals surface area contributed by atoms with Gasteiger partial charge >= 0.3 is 0 Å². The third kappa shape index (κ3) is 4.10. The van der Waals surface area contributed by atoms with Gasteiger partial charge in [-0.05, 0) is 23.8 Å². The molecular weight excluding hydrogens is 410 g/mol. The zero-order valence-electron chi connectivity index (χ0n) is 17.8. The smallest absolute Gasteiger partial charge is 0.277 e. The predicted octanol–water partition coefficient (Wildman–Crippen LogP) is 3.85. The summed E-state index contributed by atoms with van der Waals surface area (Å²) < 4.78 is 12.1. The number of H-pyrrole nitrogens is 1. The first kappa shape index (κ1) is 20.9. The molecule has 4 aromatic rings. The van der Waals surface area contributed by atoms with Gasteiger partial charge in [0.05, 0.1) is 25.1 Å². The SMILES string of the molecule is [C-]#[N+]c1cccc(Nc2cc(Nc3ccc(COC)cc3OC)c3c(=O)n(C)[nH]c3n2)n1. The Kier molecular flexibility index (Phi) is 5.74. The maximum atomic E-state index is 12.7. The molecule has 10 nitrogen and oxygen atoms in total. The number of fused-ring (bicyclic) bond motifs is 1. The number of ether oxygens (including phenoxy) is 2. The number of anilines is 4. The summed E-state index contributed by atoms with van der Waals surface area (Å²) in [5.41, 5.74) is 2.37. The van der Waals surface area contributed by atoms with Crippen molar-refractivity contribution in [2.24, 2.45) is 7.05 Å². The largest absolute Gasteiger partial charge is 0.495 e. The van der Waals surface area contributed by atoms with E-state index in [1.807, 2.05) is 18.2 Å². The topological polar surface area (TPSA) is 110 Å². The van der Waals surface area contributed by atoms with Gasteiger partial charge in [-0.2, -0.15) is 0 Å². The van der Waals surface area contributed by atoms with Crippen molar-refractivity contribution < 1.29 is 9.47 Å². The molecule has 4 rings (SSSR count). The van der Waals surface area contributed by atoms with E-state index >= 15 is 0 Å². The standard InChI is InChI=1S/C22H21N7O3/c1-23-17-6-5-7-18(25-17)26-19-11-15(20-21(27-19)28-29(2)22(20)30)24-14-9-8-13(12-31-3)10-16(14)32-4/h5-11H,12H2,2-4H3,(H3,24,25,26,27,28). The van der Waals surface area contributed by atoms with E-state index in [0.717, 1.165) is 5.56 Å². The van der Waals surface area contributed by atoms with Crippen molar-refractivity contribution in [3.8, 4) is 5.75 Å². The van der Waals surface area contributed by atoms with E-state index in [0.29, 0.717) is 46.4 Å². The number of benzene rings is 1. The first-order valence-corrected chi connectivity index (χ1v) is 9.66. The Balaban J connectivity index is 1.78. The quantitative estimate of drug-likeness (QED) is 0.381. The molecule has 0 unspecified atom stereocenters. The second-order valence-electron chi connectivity index (χ2n) is 6.97. The summed E-state index contributed by atoms with van der Waals surface area (Å²) in [5, 5.41) is 9.74. The number of aromatic amines is 1. The Morgan fingerprint density at radius 2 is 1.94 bits per heavy atom. The summed E-state index contributed by atoms with van der Waals surface area (Å²) in [7, 11) is 4.84. The van der Waals surface area contributed by atoms with Crippen molar-refractivity contribution in [1.82, 2.24) is 19.7 Å². The molecule has 0 amide bonds. The number of hydrogen-bond donors (Lipinski definition) is 3. The molecule has 0 saturated heterocycles. The van der Waals surface area contributed by atoms with Crippen molar-refractivity contribution in [3.05, 3.63) is 69.8 Å². The Hall–Kier alpha value is -4.36. The lowest BCUT2D eigenvalue weighted by atomic mass is 10.2. The van der Waals surface area contributed by atoms with Crippen LogP contribution in [0.1, 0.15) is 5.56 Å². The van der Waals surface area contributed by atoms with Gasteiger partial charge < -0.3 is 25.0 Å². The molecule has 3 aromatic heterocycles. The van der Waals surface area contributed by atoms with Gasteiger partial charge in [-0.1, -0.05) is 18.7 Å². The predicted molar refractivity (Wildman–Crippen MR) is 122 cm³/mol. The van der Waals surface area contributed by atoms with Gasteiger partial charge in [0.25, 0.3) is 11.4 Å². The summed E-state index contributed by atoms with van der Waals surface area (Å²) in [4.78, 5) is 24.8. The molecule has 0 aliphatic heterocycles. The number of nitrogens with zero attached hydrogens (tertiary/aromatic N) is 4. The summed E-state index contributed by atoms with van der Waals surface area (Å²) in [6.07, 6.45) is 0. The van der Waals surface area contributed by atoms with Crippen molar-refractivity contribution in [3.63, 3.8) is 0 Å². The zero-order chi connectivity index (χ0) is 22.7. The molecule has 3 heterocycles. The maximum absolute atomic E-state index is 12.7. The lowest BCUT2D eigenvalue weighted by Gasteiger charge is -2.14. The third-order valence-corrected chi connectivity index (χ3v) is 4.76. The van der Waals surface area contributed by atoms with Gasteiger partial charge in [-0.15, -0.1) is 4.98 Å². The number of methoxy groups -OCH3 is 2. The van der Waals surface area contributed by atoms with Crippen LogP contribution in [0.3, 0.4) is 0 Å². The normalized spacial score (nSPS) is 10.7. The fourth-order valence-corrected chi connectivity index (χ4v) is 3.31. The van der Waals surface area contributed by atoms with Gasteiger partial charge in [-0.25, -0.2) is 4.98 Å². The highest BCUT2D eigenvalue weighted by Gasteiger charge is 2.16. The van der Waals surface area contributed by atoms with E-state index in [1.165, 1.54) is 4.68 Å². The molecule has 0 saturated carbocycles. The van der Waals surface area contributed by atoms with Crippen molar-refractivity contribution in [2.75, 3.05) is 24.9 Å². The molecule has 1 aromatic carbocycles. The molecule has 0 aliphatic rings. The minimum Gasteiger partial charge on any atom is -0.495 e. The Morgan fingerprint density at radius 1 is 1.09 bits per heavy atom. The van der Waals surface area contributed by atoms with Crippen LogP contribution in [0.4, 0.5) is 28.8 Å². The Morgan fingerprint density at radius 3 is 2.69 bits per heavy atom. The van der Waals surface area contributed by atoms with Gasteiger partial charge in [0, 0.05) is 26.3 Å². The highest BCUT2D eigenvalue weighted by atomic mass is 16.5. The van der Waals surface area contributed by atoms with Gasteiger partial charge in [0.1, 0.15) is 17.0 Å². The van der Waals surface area contributed by atoms with Crippen molar-refractivity contribution in [2.45, 2.75) is 6.61 Å². The molecule has 32 heavy (non-hydrogen) atoms. The van der Waals surface area contributed by atoms with Gasteiger partial charge in [0.2, 0.25) is 5.82 Å². The average Bonchev–Trinajstić information content (AvgIpc) is 3.08. The van der Waals surface area contributed by atoms with E-state index in [9.17, 15) is 4.79 Å². The Labute approximate surface area is 183 Å². The molecule has 0 aliphatic carbocycles. The lowest BCUT2D eigenvalue weighted by Crippen LogP contribution is -2.12. The average molecular weight is 431 g/mol. The fourth-order valence-electron chi connectivity index (χ4n) is 3.31. The van der Waals surface area contributed by atoms with E-state index in [2.05, 4.69) is 30.5 Å². The van der Waals surface area contributed by atoms with Gasteiger partial charge in [-0.3, -0.25) is 14.6 Å². The number of pyridine rings is 2. The summed E-state index contributed by atoms with van der Waals surface area (Å²) in [6, 6.07) is 12.5. The van der Waals surface area contributed by atoms with Crippen LogP contribution in [0, 0.1) is 6.57 Å². The monoisotopic (exact) mass is 431 g/mol. The van der Waals surface area contributed by atoms with Crippen LogP contribution in [0.15, 0.2) is 47.3 Å². The molecule has 0 spiro atoms. The second kappa shape index (κ2) is 8.79. The molecule has 10 heteroatoms. The molecule has 162 valence electrons. The summed E-state index contributed by atoms with van der Waals surface area (Å²) >= 11 is 0. The van der Waals surface area contributed by atoms with Crippen LogP contribution >= 0.6 is 0 Å². The number of aryl methyl sites for hydroxylation is 1.